The van der Waals surface area contributed by atoms with Crippen LogP contribution in [0.15, 0.2) is 122 Å². The predicted octanol–water partition coefficient (Wildman–Crippen LogP) is 8.64. The van der Waals surface area contributed by atoms with E-state index in [1.54, 1.807) is 73.1 Å². The predicted molar refractivity (Wildman–Crippen MR) is 194 cm³/mol. The number of phenolic OH excluding ortho intramolecular Hbond substituents is 2. The Bertz CT molecular complexity index is 2110. The SMILES string of the molecule is Cc1ccc(CCc2ccc(C)c(NC(=O)Nc3ccn(-c4ccc(O)cc4)c3)c2)c(NC(=O)Nc2ccc(-c3cccc(O)c3)nc2)c1. The lowest BCUT2D eigenvalue weighted by molar-refractivity contribution is 0.261. The van der Waals surface area contributed by atoms with Crippen molar-refractivity contribution in [2.75, 3.05) is 21.3 Å². The van der Waals surface area contributed by atoms with Crippen LogP contribution in [0, 0.1) is 13.8 Å². The number of carbonyl (C=O) groups excluding carboxylic acids is 2. The number of aryl methyl sites for hydroxylation is 4. The van der Waals surface area contributed by atoms with E-state index in [-0.39, 0.29) is 23.6 Å². The molecule has 0 atom stereocenters. The molecule has 4 aromatic carbocycles. The van der Waals surface area contributed by atoms with Crippen molar-refractivity contribution in [3.05, 3.63) is 144 Å². The van der Waals surface area contributed by atoms with Crippen LogP contribution in [0.5, 0.6) is 11.5 Å². The van der Waals surface area contributed by atoms with Crippen LogP contribution in [0.1, 0.15) is 22.3 Å². The number of hydrogen-bond donors (Lipinski definition) is 6. The molecule has 0 bridgehead atoms. The number of anilines is 4. The number of rotatable bonds is 9. The first-order chi connectivity index (χ1) is 23.7. The van der Waals surface area contributed by atoms with Gasteiger partial charge in [0.25, 0.3) is 0 Å². The van der Waals surface area contributed by atoms with Crippen LogP contribution in [0.25, 0.3) is 16.9 Å². The summed E-state index contributed by atoms with van der Waals surface area (Å²) >= 11 is 0. The first kappa shape index (κ1) is 32.4. The summed E-state index contributed by atoms with van der Waals surface area (Å²) in [5.74, 6) is 0.349. The standard InChI is InChI=1S/C39H36N6O4/c1-25-6-10-28(37(20-25)44-38(48)41-30-12-17-35(40-23-30)29-4-3-5-34(47)22-29)11-9-27-8-7-26(2)36(21-27)43-39(49)42-31-18-19-45(24-31)32-13-15-33(46)16-14-32/h3-8,10,12-24,46-47H,9,11H2,1-2H3,(H2,41,44,48)(H2,42,43,49). The molecule has 0 aliphatic rings. The summed E-state index contributed by atoms with van der Waals surface area (Å²) in [6.07, 6.45) is 6.56. The topological polar surface area (TPSA) is 141 Å². The summed E-state index contributed by atoms with van der Waals surface area (Å²) in [7, 11) is 0. The first-order valence-electron chi connectivity index (χ1n) is 15.8. The normalized spacial score (nSPS) is 10.7. The first-order valence-corrected chi connectivity index (χ1v) is 15.8. The molecule has 0 saturated heterocycles. The molecule has 0 radical (unpaired) electrons. The smallest absolute Gasteiger partial charge is 0.323 e. The average molecular weight is 653 g/mol. The van der Waals surface area contributed by atoms with Gasteiger partial charge in [0.2, 0.25) is 0 Å². The Kier molecular flexibility index (Phi) is 9.57. The number of nitrogens with one attached hydrogen (secondary N) is 4. The zero-order valence-electron chi connectivity index (χ0n) is 27.1. The van der Waals surface area contributed by atoms with E-state index in [4.69, 9.17) is 0 Å². The number of pyridine rings is 1. The van der Waals surface area contributed by atoms with Gasteiger partial charge in [-0.15, -0.1) is 0 Å². The summed E-state index contributed by atoms with van der Waals surface area (Å²) in [5.41, 5.74) is 8.86. The lowest BCUT2D eigenvalue weighted by Crippen LogP contribution is -2.20. The lowest BCUT2D eigenvalue weighted by Gasteiger charge is -2.14. The highest BCUT2D eigenvalue weighted by molar-refractivity contribution is 6.01. The van der Waals surface area contributed by atoms with Crippen LogP contribution in [-0.4, -0.2) is 31.8 Å². The van der Waals surface area contributed by atoms with Gasteiger partial charge in [-0.25, -0.2) is 9.59 Å². The van der Waals surface area contributed by atoms with E-state index < -0.39 is 0 Å². The van der Waals surface area contributed by atoms with Crippen molar-refractivity contribution < 1.29 is 19.8 Å². The van der Waals surface area contributed by atoms with Crippen LogP contribution in [-0.2, 0) is 12.8 Å². The minimum atomic E-state index is -0.384. The van der Waals surface area contributed by atoms with Gasteiger partial charge in [0.15, 0.2) is 0 Å². The number of amides is 4. The van der Waals surface area contributed by atoms with Gasteiger partial charge in [-0.1, -0.05) is 36.4 Å². The number of aromatic nitrogens is 2. The molecule has 2 heterocycles. The van der Waals surface area contributed by atoms with Crippen LogP contribution < -0.4 is 21.3 Å². The fourth-order valence-electron chi connectivity index (χ4n) is 5.39. The third-order valence-corrected chi connectivity index (χ3v) is 8.01. The molecule has 2 aromatic heterocycles. The van der Waals surface area contributed by atoms with Crippen molar-refractivity contribution in [2.45, 2.75) is 26.7 Å². The molecule has 6 rings (SSSR count). The zero-order chi connectivity index (χ0) is 34.3. The average Bonchev–Trinajstić information content (AvgIpc) is 3.54. The molecule has 0 aliphatic carbocycles. The Morgan fingerprint density at radius 2 is 1.47 bits per heavy atom. The number of nitrogens with zero attached hydrogens (tertiary/aromatic N) is 2. The maximum absolute atomic E-state index is 13.0. The lowest BCUT2D eigenvalue weighted by atomic mass is 10.00. The van der Waals surface area contributed by atoms with Gasteiger partial charge in [0, 0.05) is 35.0 Å². The molecule has 0 spiro atoms. The van der Waals surface area contributed by atoms with Crippen molar-refractivity contribution in [1.29, 1.82) is 0 Å². The second-order valence-electron chi connectivity index (χ2n) is 11.8. The van der Waals surface area contributed by atoms with E-state index in [9.17, 15) is 19.8 Å². The number of hydrogen-bond acceptors (Lipinski definition) is 5. The van der Waals surface area contributed by atoms with E-state index in [1.165, 1.54) is 0 Å². The summed E-state index contributed by atoms with van der Waals surface area (Å²) in [5, 5.41) is 31.0. The number of benzene rings is 4. The Morgan fingerprint density at radius 1 is 0.694 bits per heavy atom. The van der Waals surface area contributed by atoms with Gasteiger partial charge in [0.05, 0.1) is 23.3 Å². The summed E-state index contributed by atoms with van der Waals surface area (Å²) in [4.78, 5) is 30.3. The van der Waals surface area contributed by atoms with Crippen molar-refractivity contribution >= 4 is 34.8 Å². The third-order valence-electron chi connectivity index (χ3n) is 8.01. The molecule has 6 aromatic rings. The minimum absolute atomic E-state index is 0.160. The Balaban J connectivity index is 1.06. The fourth-order valence-corrected chi connectivity index (χ4v) is 5.39. The van der Waals surface area contributed by atoms with Crippen molar-refractivity contribution in [1.82, 2.24) is 9.55 Å². The second kappa shape index (κ2) is 14.5. The third kappa shape index (κ3) is 8.44. The molecule has 10 heteroatoms. The van der Waals surface area contributed by atoms with Crippen LogP contribution in [0.3, 0.4) is 0 Å². The zero-order valence-corrected chi connectivity index (χ0v) is 27.1. The van der Waals surface area contributed by atoms with Crippen molar-refractivity contribution in [2.24, 2.45) is 0 Å². The molecular weight excluding hydrogens is 616 g/mol. The summed E-state index contributed by atoms with van der Waals surface area (Å²) in [6, 6.07) is 30.2. The van der Waals surface area contributed by atoms with E-state index in [0.29, 0.717) is 41.3 Å². The van der Waals surface area contributed by atoms with E-state index in [2.05, 4.69) is 26.3 Å². The maximum Gasteiger partial charge on any atom is 0.323 e. The van der Waals surface area contributed by atoms with E-state index >= 15 is 0 Å². The monoisotopic (exact) mass is 652 g/mol. The minimum Gasteiger partial charge on any atom is -0.508 e. The largest absolute Gasteiger partial charge is 0.508 e. The Labute approximate surface area is 284 Å². The summed E-state index contributed by atoms with van der Waals surface area (Å²) in [6.45, 7) is 3.92. The molecule has 49 heavy (non-hydrogen) atoms. The van der Waals surface area contributed by atoms with Crippen LogP contribution in [0.4, 0.5) is 32.3 Å². The molecule has 4 amide bonds. The van der Waals surface area contributed by atoms with Gasteiger partial charge >= 0.3 is 12.1 Å². The Morgan fingerprint density at radius 3 is 2.22 bits per heavy atom. The summed E-state index contributed by atoms with van der Waals surface area (Å²) < 4.78 is 1.85. The highest BCUT2D eigenvalue weighted by atomic mass is 16.3. The van der Waals surface area contributed by atoms with Gasteiger partial charge in [-0.2, -0.15) is 0 Å². The van der Waals surface area contributed by atoms with E-state index in [1.807, 2.05) is 67.1 Å². The molecule has 10 nitrogen and oxygen atoms in total. The molecule has 6 N–H and O–H groups in total. The molecule has 0 aliphatic heterocycles. The molecule has 0 fully saturated rings. The number of phenols is 2. The van der Waals surface area contributed by atoms with Gasteiger partial charge < -0.3 is 36.0 Å². The van der Waals surface area contributed by atoms with Crippen molar-refractivity contribution in [3.63, 3.8) is 0 Å². The molecule has 246 valence electrons. The van der Waals surface area contributed by atoms with Crippen LogP contribution >= 0.6 is 0 Å². The van der Waals surface area contributed by atoms with Gasteiger partial charge in [0.1, 0.15) is 11.5 Å². The number of aromatic hydroxyl groups is 2. The molecule has 0 unspecified atom stereocenters. The Hall–Kier alpha value is -6.55. The number of urea groups is 2. The molecule has 0 saturated carbocycles. The highest BCUT2D eigenvalue weighted by Gasteiger charge is 2.12. The molecular formula is C39H36N6O4. The highest BCUT2D eigenvalue weighted by Crippen LogP contribution is 2.25. The van der Waals surface area contributed by atoms with Gasteiger partial charge in [-0.05, 0) is 116 Å². The fraction of sp³-hybridized carbons (Fsp3) is 0.103. The van der Waals surface area contributed by atoms with Crippen LogP contribution in [0.2, 0.25) is 0 Å². The number of carbonyl (C=O) groups is 2. The second-order valence-corrected chi connectivity index (χ2v) is 11.8. The maximum atomic E-state index is 13.0. The quantitative estimate of drug-likeness (QED) is 0.0928. The van der Waals surface area contributed by atoms with Gasteiger partial charge in [-0.3, -0.25) is 4.98 Å². The van der Waals surface area contributed by atoms with E-state index in [0.717, 1.165) is 33.5 Å². The van der Waals surface area contributed by atoms with Crippen molar-refractivity contribution in [3.8, 4) is 28.4 Å².